The number of anilines is 1. The van der Waals surface area contributed by atoms with Crippen LogP contribution < -0.4 is 10.2 Å². The fourth-order valence-electron chi connectivity index (χ4n) is 1.79. The van der Waals surface area contributed by atoms with Crippen LogP contribution in [0.1, 0.15) is 22.8 Å². The Morgan fingerprint density at radius 2 is 2.10 bits per heavy atom. The second-order valence-electron chi connectivity index (χ2n) is 4.23. The molecule has 0 aromatic heterocycles. The Bertz CT molecular complexity index is 653. The van der Waals surface area contributed by atoms with Gasteiger partial charge in [-0.3, -0.25) is 5.43 Å². The first-order valence-electron chi connectivity index (χ1n) is 6.55. The second-order valence-corrected chi connectivity index (χ2v) is 4.23. The van der Waals surface area contributed by atoms with Crippen LogP contribution in [0.15, 0.2) is 53.6 Å². The first-order valence-corrected chi connectivity index (χ1v) is 6.55. The van der Waals surface area contributed by atoms with Crippen molar-refractivity contribution in [3.8, 4) is 5.75 Å². The average molecular weight is 284 g/mol. The highest BCUT2D eigenvalue weighted by atomic mass is 16.5. The molecule has 2 N–H and O–H groups in total. The molecular formula is C16H16N2O3. The van der Waals surface area contributed by atoms with Gasteiger partial charge in [-0.05, 0) is 36.8 Å². The van der Waals surface area contributed by atoms with E-state index in [1.165, 1.54) is 6.07 Å². The molecule has 108 valence electrons. The number of hydrogen-bond acceptors (Lipinski definition) is 4. The highest BCUT2D eigenvalue weighted by Gasteiger charge is 2.07. The summed E-state index contributed by atoms with van der Waals surface area (Å²) in [6.45, 7) is 2.52. The van der Waals surface area contributed by atoms with E-state index in [0.29, 0.717) is 12.3 Å². The van der Waals surface area contributed by atoms with E-state index in [-0.39, 0.29) is 5.56 Å². The topological polar surface area (TPSA) is 70.9 Å². The van der Waals surface area contributed by atoms with Crippen LogP contribution >= 0.6 is 0 Å². The van der Waals surface area contributed by atoms with Crippen LogP contribution in [-0.2, 0) is 0 Å². The zero-order chi connectivity index (χ0) is 15.1. The van der Waals surface area contributed by atoms with Crippen LogP contribution in [0.25, 0.3) is 0 Å². The Kier molecular flexibility index (Phi) is 4.93. The number of nitrogens with zero attached hydrogens (tertiary/aromatic N) is 1. The predicted molar refractivity (Wildman–Crippen MR) is 82.2 cm³/mol. The number of hydrogen-bond donors (Lipinski definition) is 2. The minimum Gasteiger partial charge on any atom is -0.494 e. The molecule has 0 fully saturated rings. The van der Waals surface area contributed by atoms with Crippen molar-refractivity contribution >= 4 is 17.9 Å². The molecule has 0 amide bonds. The van der Waals surface area contributed by atoms with Crippen molar-refractivity contribution < 1.29 is 14.6 Å². The lowest BCUT2D eigenvalue weighted by molar-refractivity contribution is 0.0698. The lowest BCUT2D eigenvalue weighted by Gasteiger charge is -2.05. The largest absolute Gasteiger partial charge is 0.494 e. The Morgan fingerprint density at radius 1 is 1.29 bits per heavy atom. The van der Waals surface area contributed by atoms with Crippen LogP contribution in [0.4, 0.5) is 5.69 Å². The molecular weight excluding hydrogens is 268 g/mol. The molecule has 0 saturated carbocycles. The van der Waals surface area contributed by atoms with Gasteiger partial charge < -0.3 is 9.84 Å². The van der Waals surface area contributed by atoms with Gasteiger partial charge in [-0.25, -0.2) is 4.79 Å². The summed E-state index contributed by atoms with van der Waals surface area (Å²) in [6, 6.07) is 14.1. The molecule has 0 aliphatic rings. The number of carboxylic acids is 1. The van der Waals surface area contributed by atoms with Gasteiger partial charge in [-0.2, -0.15) is 5.10 Å². The molecule has 0 aliphatic heterocycles. The number of carbonyl (C=O) groups is 1. The van der Waals surface area contributed by atoms with E-state index >= 15 is 0 Å². The molecule has 21 heavy (non-hydrogen) atoms. The molecule has 5 heteroatoms. The number of ether oxygens (including phenoxy) is 1. The summed E-state index contributed by atoms with van der Waals surface area (Å²) in [7, 11) is 0. The molecule has 0 aliphatic carbocycles. The van der Waals surface area contributed by atoms with Gasteiger partial charge >= 0.3 is 5.97 Å². The van der Waals surface area contributed by atoms with Gasteiger partial charge in [-0.1, -0.05) is 24.3 Å². The van der Waals surface area contributed by atoms with E-state index in [0.717, 1.165) is 11.3 Å². The first-order chi connectivity index (χ1) is 10.2. The van der Waals surface area contributed by atoms with Gasteiger partial charge in [0.25, 0.3) is 0 Å². The Hall–Kier alpha value is -2.82. The fraction of sp³-hybridized carbons (Fsp3) is 0.125. The van der Waals surface area contributed by atoms with E-state index in [9.17, 15) is 4.79 Å². The fourth-order valence-corrected chi connectivity index (χ4v) is 1.79. The molecule has 0 heterocycles. The van der Waals surface area contributed by atoms with Crippen LogP contribution in [0.2, 0.25) is 0 Å². The number of hydrazone groups is 1. The third-order valence-corrected chi connectivity index (χ3v) is 2.73. The minimum atomic E-state index is -0.994. The van der Waals surface area contributed by atoms with Gasteiger partial charge in [0.1, 0.15) is 5.75 Å². The predicted octanol–water partition coefficient (Wildman–Crippen LogP) is 3.23. The van der Waals surface area contributed by atoms with E-state index in [2.05, 4.69) is 10.5 Å². The first kappa shape index (κ1) is 14.6. The number of benzene rings is 2. The van der Waals surface area contributed by atoms with Crippen molar-refractivity contribution in [2.24, 2.45) is 5.10 Å². The summed E-state index contributed by atoms with van der Waals surface area (Å²) < 4.78 is 5.40. The monoisotopic (exact) mass is 284 g/mol. The zero-order valence-electron chi connectivity index (χ0n) is 11.6. The van der Waals surface area contributed by atoms with Gasteiger partial charge in [0.15, 0.2) is 0 Å². The van der Waals surface area contributed by atoms with Crippen LogP contribution in [-0.4, -0.2) is 23.9 Å². The zero-order valence-corrected chi connectivity index (χ0v) is 11.6. The van der Waals surface area contributed by atoms with Crippen LogP contribution in [0.3, 0.4) is 0 Å². The van der Waals surface area contributed by atoms with Crippen LogP contribution in [0.5, 0.6) is 5.75 Å². The highest BCUT2D eigenvalue weighted by molar-refractivity contribution is 5.94. The second kappa shape index (κ2) is 7.09. The molecule has 2 rings (SSSR count). The van der Waals surface area contributed by atoms with Crippen molar-refractivity contribution in [1.29, 1.82) is 0 Å². The number of carboxylic acid groups (broad SMARTS) is 1. The Balaban J connectivity index is 2.09. The number of rotatable bonds is 6. The summed E-state index contributed by atoms with van der Waals surface area (Å²) in [5.41, 5.74) is 4.23. The summed E-state index contributed by atoms with van der Waals surface area (Å²) in [6.07, 6.45) is 1.61. The van der Waals surface area contributed by atoms with Crippen molar-refractivity contribution in [2.75, 3.05) is 12.0 Å². The summed E-state index contributed by atoms with van der Waals surface area (Å²) in [4.78, 5) is 11.1. The van der Waals surface area contributed by atoms with Crippen molar-refractivity contribution in [3.63, 3.8) is 0 Å². The van der Waals surface area contributed by atoms with E-state index in [1.54, 1.807) is 24.4 Å². The molecule has 0 unspecified atom stereocenters. The molecule has 0 bridgehead atoms. The van der Waals surface area contributed by atoms with Crippen molar-refractivity contribution in [3.05, 3.63) is 59.7 Å². The number of aromatic carboxylic acids is 1. The lowest BCUT2D eigenvalue weighted by Crippen LogP contribution is -2.02. The molecule has 5 nitrogen and oxygen atoms in total. The normalized spacial score (nSPS) is 10.5. The highest BCUT2D eigenvalue weighted by Crippen LogP contribution is 2.15. The van der Waals surface area contributed by atoms with Crippen LogP contribution in [0, 0.1) is 0 Å². The number of para-hydroxylation sites is 1. The SMILES string of the molecule is CCOc1cccc(/C=N/Nc2ccccc2C(=O)O)c1. The minimum absolute atomic E-state index is 0.178. The molecule has 0 spiro atoms. The summed E-state index contributed by atoms with van der Waals surface area (Å²) in [5, 5.41) is 13.1. The van der Waals surface area contributed by atoms with E-state index in [4.69, 9.17) is 9.84 Å². The quantitative estimate of drug-likeness (QED) is 0.631. The Morgan fingerprint density at radius 3 is 2.86 bits per heavy atom. The molecule has 0 atom stereocenters. The maximum Gasteiger partial charge on any atom is 0.337 e. The molecule has 2 aromatic rings. The maximum atomic E-state index is 11.1. The lowest BCUT2D eigenvalue weighted by atomic mass is 10.2. The van der Waals surface area contributed by atoms with E-state index < -0.39 is 5.97 Å². The van der Waals surface area contributed by atoms with Crippen molar-refractivity contribution in [1.82, 2.24) is 0 Å². The van der Waals surface area contributed by atoms with Crippen molar-refractivity contribution in [2.45, 2.75) is 6.92 Å². The van der Waals surface area contributed by atoms with Gasteiger partial charge in [-0.15, -0.1) is 0 Å². The third kappa shape index (κ3) is 4.07. The van der Waals surface area contributed by atoms with Gasteiger partial charge in [0.2, 0.25) is 0 Å². The van der Waals surface area contributed by atoms with Gasteiger partial charge in [0, 0.05) is 0 Å². The molecule has 0 radical (unpaired) electrons. The smallest absolute Gasteiger partial charge is 0.337 e. The standard InChI is InChI=1S/C16H16N2O3/c1-2-21-13-7-5-6-12(10-13)11-17-18-15-9-4-3-8-14(15)16(19)20/h3-11,18H,2H2,1H3,(H,19,20)/b17-11+. The summed E-state index contributed by atoms with van der Waals surface area (Å²) in [5.74, 6) is -0.223. The van der Waals surface area contributed by atoms with E-state index in [1.807, 2.05) is 31.2 Å². The maximum absolute atomic E-state index is 11.1. The molecule has 2 aromatic carbocycles. The third-order valence-electron chi connectivity index (χ3n) is 2.73. The average Bonchev–Trinajstić information content (AvgIpc) is 2.48. The Labute approximate surface area is 122 Å². The summed E-state index contributed by atoms with van der Waals surface area (Å²) >= 11 is 0. The molecule has 0 saturated heterocycles. The van der Waals surface area contributed by atoms with Gasteiger partial charge in [0.05, 0.1) is 24.1 Å². The number of nitrogens with one attached hydrogen (secondary N) is 1.